The topological polar surface area (TPSA) is 49.4 Å². The number of piperidine rings is 1. The van der Waals surface area contributed by atoms with E-state index in [-0.39, 0.29) is 17.7 Å². The smallest absolute Gasteiger partial charge is 0.236 e. The number of benzene rings is 1. The van der Waals surface area contributed by atoms with Crippen LogP contribution in [0.2, 0.25) is 0 Å². The minimum absolute atomic E-state index is 0.0261. The first-order valence-electron chi connectivity index (χ1n) is 9.26. The first-order chi connectivity index (χ1) is 11.8. The van der Waals surface area contributed by atoms with Gasteiger partial charge in [0.25, 0.3) is 0 Å². The zero-order valence-electron chi connectivity index (χ0n) is 15.6. The van der Waals surface area contributed by atoms with E-state index in [1.54, 1.807) is 0 Å². The second-order valence-electron chi connectivity index (χ2n) is 7.97. The number of carbonyl (C=O) groups excluding carboxylic acids is 2. The fourth-order valence-electron chi connectivity index (χ4n) is 3.92. The number of para-hydroxylation sites is 1. The van der Waals surface area contributed by atoms with Gasteiger partial charge in [-0.3, -0.25) is 9.59 Å². The summed E-state index contributed by atoms with van der Waals surface area (Å²) < 4.78 is 0. The maximum atomic E-state index is 12.9. The second kappa shape index (κ2) is 6.66. The van der Waals surface area contributed by atoms with Crippen LogP contribution in [0.5, 0.6) is 0 Å². The molecule has 2 amide bonds. The van der Waals surface area contributed by atoms with Gasteiger partial charge in [0.05, 0.1) is 5.41 Å². The van der Waals surface area contributed by atoms with E-state index in [4.69, 9.17) is 0 Å². The van der Waals surface area contributed by atoms with Crippen LogP contribution in [0.1, 0.15) is 52.5 Å². The molecule has 1 spiro atoms. The van der Waals surface area contributed by atoms with Crippen LogP contribution in [-0.4, -0.2) is 23.3 Å². The molecule has 1 unspecified atom stereocenters. The van der Waals surface area contributed by atoms with Crippen molar-refractivity contribution in [1.82, 2.24) is 4.90 Å². The number of allylic oxidation sites excluding steroid dienone is 2. The van der Waals surface area contributed by atoms with E-state index in [2.05, 4.69) is 39.1 Å². The Morgan fingerprint density at radius 2 is 1.96 bits per heavy atom. The zero-order valence-corrected chi connectivity index (χ0v) is 15.6. The van der Waals surface area contributed by atoms with E-state index in [1.165, 1.54) is 0 Å². The van der Waals surface area contributed by atoms with Gasteiger partial charge < -0.3 is 10.2 Å². The lowest BCUT2D eigenvalue weighted by atomic mass is 9.74. The number of rotatable bonds is 4. The summed E-state index contributed by atoms with van der Waals surface area (Å²) in [6, 6.07) is 7.88. The Morgan fingerprint density at radius 1 is 1.24 bits per heavy atom. The zero-order chi connectivity index (χ0) is 18.2. The highest BCUT2D eigenvalue weighted by molar-refractivity contribution is 6.07. The van der Waals surface area contributed by atoms with Crippen molar-refractivity contribution in [2.24, 2.45) is 11.8 Å². The highest BCUT2D eigenvalue weighted by Crippen LogP contribution is 2.45. The number of hydrogen-bond acceptors (Lipinski definition) is 2. The summed E-state index contributed by atoms with van der Waals surface area (Å²) in [6.07, 6.45) is 4.12. The van der Waals surface area contributed by atoms with Gasteiger partial charge in [0, 0.05) is 24.4 Å². The quantitative estimate of drug-likeness (QED) is 0.897. The van der Waals surface area contributed by atoms with Crippen molar-refractivity contribution in [3.8, 4) is 0 Å². The molecule has 2 aliphatic rings. The maximum Gasteiger partial charge on any atom is 0.236 e. The Labute approximate surface area is 150 Å². The predicted octanol–water partition coefficient (Wildman–Crippen LogP) is 4.08. The number of anilines is 1. The number of fused-ring (bicyclic) bond motifs is 2. The van der Waals surface area contributed by atoms with Gasteiger partial charge >= 0.3 is 0 Å². The molecule has 1 fully saturated rings. The third-order valence-electron chi connectivity index (χ3n) is 5.32. The van der Waals surface area contributed by atoms with E-state index < -0.39 is 5.41 Å². The molecule has 4 nitrogen and oxygen atoms in total. The van der Waals surface area contributed by atoms with E-state index in [0.29, 0.717) is 25.3 Å². The average Bonchev–Trinajstić information content (AvgIpc) is 2.82. The van der Waals surface area contributed by atoms with Crippen molar-refractivity contribution in [3.63, 3.8) is 0 Å². The van der Waals surface area contributed by atoms with Crippen molar-refractivity contribution in [1.29, 1.82) is 0 Å². The predicted molar refractivity (Wildman–Crippen MR) is 100 cm³/mol. The lowest BCUT2D eigenvalue weighted by Crippen LogP contribution is -2.52. The Morgan fingerprint density at radius 3 is 2.64 bits per heavy atom. The fraction of sp³-hybridized carbons (Fsp3) is 0.524. The number of hydrogen-bond donors (Lipinski definition) is 1. The normalized spacial score (nSPS) is 23.6. The summed E-state index contributed by atoms with van der Waals surface area (Å²) in [4.78, 5) is 27.4. The molecule has 2 heterocycles. The summed E-state index contributed by atoms with van der Waals surface area (Å²) >= 11 is 0. The van der Waals surface area contributed by atoms with E-state index in [9.17, 15) is 9.59 Å². The molecule has 3 rings (SSSR count). The molecule has 0 bridgehead atoms. The lowest BCUT2D eigenvalue weighted by Gasteiger charge is -2.41. The molecular formula is C21H28N2O2. The standard InChI is InChI=1S/C21H28N2O2/c1-14(2)9-10-18(15(3)4)23-13-21(12-11-19(23)24)16-7-5-6-8-17(16)22-20(21)25/h5-8,10,14-15H,9,11-13H2,1-4H3,(H,22,25). The van der Waals surface area contributed by atoms with Gasteiger partial charge in [0.1, 0.15) is 0 Å². The van der Waals surface area contributed by atoms with E-state index in [1.807, 2.05) is 29.2 Å². The molecule has 134 valence electrons. The Bertz CT molecular complexity index is 720. The molecule has 4 heteroatoms. The largest absolute Gasteiger partial charge is 0.325 e. The monoisotopic (exact) mass is 340 g/mol. The van der Waals surface area contributed by atoms with Crippen molar-refractivity contribution < 1.29 is 9.59 Å². The number of carbonyl (C=O) groups is 2. The van der Waals surface area contributed by atoms with Gasteiger partial charge in [-0.2, -0.15) is 0 Å². The fourth-order valence-corrected chi connectivity index (χ4v) is 3.92. The van der Waals surface area contributed by atoms with Crippen molar-refractivity contribution in [2.75, 3.05) is 11.9 Å². The van der Waals surface area contributed by atoms with Crippen LogP contribution in [-0.2, 0) is 15.0 Å². The lowest BCUT2D eigenvalue weighted by molar-refractivity contribution is -0.136. The van der Waals surface area contributed by atoms with Crippen LogP contribution < -0.4 is 5.32 Å². The van der Waals surface area contributed by atoms with Crippen molar-refractivity contribution in [2.45, 2.75) is 52.4 Å². The minimum atomic E-state index is -0.615. The molecule has 1 atom stereocenters. The van der Waals surface area contributed by atoms with Gasteiger partial charge in [0.2, 0.25) is 11.8 Å². The van der Waals surface area contributed by atoms with E-state index in [0.717, 1.165) is 23.4 Å². The van der Waals surface area contributed by atoms with Crippen molar-refractivity contribution >= 4 is 17.5 Å². The first-order valence-corrected chi connectivity index (χ1v) is 9.26. The SMILES string of the molecule is CC(C)CC=C(C(C)C)N1CC2(CCC1=O)C(=O)Nc1ccccc12. The Balaban J connectivity index is 1.98. The van der Waals surface area contributed by atoms with Gasteiger partial charge in [0.15, 0.2) is 0 Å². The Hall–Kier alpha value is -2.10. The van der Waals surface area contributed by atoms with Crippen molar-refractivity contribution in [3.05, 3.63) is 41.6 Å². The van der Waals surface area contributed by atoms with E-state index >= 15 is 0 Å². The summed E-state index contributed by atoms with van der Waals surface area (Å²) in [5, 5.41) is 3.02. The van der Waals surface area contributed by atoms with Crippen LogP contribution in [0.3, 0.4) is 0 Å². The second-order valence-corrected chi connectivity index (χ2v) is 7.97. The molecule has 1 aromatic carbocycles. The molecule has 25 heavy (non-hydrogen) atoms. The maximum absolute atomic E-state index is 12.9. The van der Waals surface area contributed by atoms with Gasteiger partial charge in [-0.25, -0.2) is 0 Å². The molecule has 0 radical (unpaired) electrons. The molecule has 0 aromatic heterocycles. The molecule has 1 saturated heterocycles. The minimum Gasteiger partial charge on any atom is -0.325 e. The molecule has 1 N–H and O–H groups in total. The average molecular weight is 340 g/mol. The number of amides is 2. The number of nitrogens with zero attached hydrogens (tertiary/aromatic N) is 1. The van der Waals surface area contributed by atoms with Crippen LogP contribution in [0.4, 0.5) is 5.69 Å². The molecular weight excluding hydrogens is 312 g/mol. The highest BCUT2D eigenvalue weighted by Gasteiger charge is 2.51. The van der Waals surface area contributed by atoms with Crippen LogP contribution in [0.25, 0.3) is 0 Å². The summed E-state index contributed by atoms with van der Waals surface area (Å²) in [5.41, 5.74) is 2.36. The number of nitrogens with one attached hydrogen (secondary N) is 1. The Kier molecular flexibility index (Phi) is 4.72. The molecule has 0 saturated carbocycles. The molecule has 0 aliphatic carbocycles. The summed E-state index contributed by atoms with van der Waals surface area (Å²) in [6.45, 7) is 9.02. The van der Waals surface area contributed by atoms with Crippen LogP contribution in [0.15, 0.2) is 36.0 Å². The summed E-state index contributed by atoms with van der Waals surface area (Å²) in [7, 11) is 0. The third-order valence-corrected chi connectivity index (χ3v) is 5.32. The van der Waals surface area contributed by atoms with Gasteiger partial charge in [-0.1, -0.05) is 52.0 Å². The summed E-state index contributed by atoms with van der Waals surface area (Å²) in [5.74, 6) is 0.945. The van der Waals surface area contributed by atoms with Crippen LogP contribution in [0, 0.1) is 11.8 Å². The van der Waals surface area contributed by atoms with Crippen LogP contribution >= 0.6 is 0 Å². The highest BCUT2D eigenvalue weighted by atomic mass is 16.2. The number of likely N-dealkylation sites (tertiary alicyclic amines) is 1. The molecule has 1 aromatic rings. The molecule has 2 aliphatic heterocycles. The third kappa shape index (κ3) is 3.10. The van der Waals surface area contributed by atoms with Gasteiger partial charge in [-0.05, 0) is 36.3 Å². The first kappa shape index (κ1) is 17.7. The van der Waals surface area contributed by atoms with Gasteiger partial charge in [-0.15, -0.1) is 0 Å².